The van der Waals surface area contributed by atoms with Crippen molar-refractivity contribution in [1.82, 2.24) is 0 Å². The first-order valence-electron chi connectivity index (χ1n) is 6.05. The summed E-state index contributed by atoms with van der Waals surface area (Å²) < 4.78 is 0. The van der Waals surface area contributed by atoms with E-state index in [1.54, 1.807) is 0 Å². The number of anilines is 1. The van der Waals surface area contributed by atoms with Gasteiger partial charge in [0.05, 0.1) is 0 Å². The average molecular weight is 284 g/mol. The molecule has 0 amide bonds. The number of rotatable bonds is 6. The molecule has 0 aliphatic heterocycles. The van der Waals surface area contributed by atoms with Crippen LogP contribution in [0.3, 0.4) is 0 Å². The molecular formula is C14H22BrN. The normalized spacial score (nSPS) is 12.8. The van der Waals surface area contributed by atoms with Gasteiger partial charge in [0.2, 0.25) is 0 Å². The molecule has 0 spiro atoms. The van der Waals surface area contributed by atoms with Crippen molar-refractivity contribution in [2.75, 3.05) is 23.3 Å². The quantitative estimate of drug-likeness (QED) is 0.708. The molecule has 16 heavy (non-hydrogen) atoms. The van der Waals surface area contributed by atoms with Crippen molar-refractivity contribution in [3.05, 3.63) is 30.3 Å². The number of benzene rings is 1. The Hall–Kier alpha value is -0.500. The van der Waals surface area contributed by atoms with Crippen LogP contribution in [0.15, 0.2) is 30.3 Å². The van der Waals surface area contributed by atoms with Gasteiger partial charge >= 0.3 is 0 Å². The lowest BCUT2D eigenvalue weighted by Gasteiger charge is -2.29. The summed E-state index contributed by atoms with van der Waals surface area (Å²) in [5.41, 5.74) is 1.33. The van der Waals surface area contributed by atoms with Crippen LogP contribution in [0.4, 0.5) is 5.69 Å². The molecule has 0 radical (unpaired) electrons. The summed E-state index contributed by atoms with van der Waals surface area (Å²) in [6.07, 6.45) is 0. The van der Waals surface area contributed by atoms with E-state index >= 15 is 0 Å². The van der Waals surface area contributed by atoms with Gasteiger partial charge in [0.15, 0.2) is 0 Å². The molecule has 90 valence electrons. The number of para-hydroxylation sites is 1. The minimum atomic E-state index is 0.708. The Morgan fingerprint density at radius 2 is 1.81 bits per heavy atom. The summed E-state index contributed by atoms with van der Waals surface area (Å²) in [5, 5.41) is 1.08. The Kier molecular flexibility index (Phi) is 5.89. The molecule has 0 aromatic heterocycles. The number of nitrogens with zero attached hydrogens (tertiary/aromatic N) is 1. The van der Waals surface area contributed by atoms with Crippen LogP contribution in [-0.2, 0) is 0 Å². The minimum absolute atomic E-state index is 0.708. The SMILES string of the molecule is CCN(CC(CBr)C(C)C)c1ccccc1. The van der Waals surface area contributed by atoms with Gasteiger partial charge in [-0.25, -0.2) is 0 Å². The van der Waals surface area contributed by atoms with E-state index in [-0.39, 0.29) is 0 Å². The Bertz CT molecular complexity index is 284. The van der Waals surface area contributed by atoms with E-state index in [9.17, 15) is 0 Å². The Labute approximate surface area is 108 Å². The Morgan fingerprint density at radius 1 is 1.19 bits per heavy atom. The summed E-state index contributed by atoms with van der Waals surface area (Å²) in [6, 6.07) is 10.7. The van der Waals surface area contributed by atoms with E-state index in [0.29, 0.717) is 5.92 Å². The molecule has 0 aliphatic carbocycles. The van der Waals surface area contributed by atoms with E-state index < -0.39 is 0 Å². The van der Waals surface area contributed by atoms with Crippen LogP contribution in [0.1, 0.15) is 20.8 Å². The molecule has 1 unspecified atom stereocenters. The predicted octanol–water partition coefficient (Wildman–Crippen LogP) is 4.18. The third-order valence-electron chi connectivity index (χ3n) is 3.10. The van der Waals surface area contributed by atoms with Crippen molar-refractivity contribution in [1.29, 1.82) is 0 Å². The maximum atomic E-state index is 3.62. The van der Waals surface area contributed by atoms with Gasteiger partial charge in [-0.15, -0.1) is 0 Å². The van der Waals surface area contributed by atoms with E-state index in [1.807, 2.05) is 0 Å². The maximum Gasteiger partial charge on any atom is 0.0366 e. The fraction of sp³-hybridized carbons (Fsp3) is 0.571. The summed E-state index contributed by atoms with van der Waals surface area (Å²) in [7, 11) is 0. The molecule has 1 aromatic rings. The van der Waals surface area contributed by atoms with E-state index in [0.717, 1.165) is 24.3 Å². The Balaban J connectivity index is 2.68. The number of alkyl halides is 1. The second kappa shape index (κ2) is 6.95. The molecule has 1 aromatic carbocycles. The third kappa shape index (κ3) is 3.82. The fourth-order valence-electron chi connectivity index (χ4n) is 1.78. The molecule has 1 atom stereocenters. The van der Waals surface area contributed by atoms with E-state index in [2.05, 4.69) is 71.9 Å². The lowest BCUT2D eigenvalue weighted by atomic mass is 9.97. The lowest BCUT2D eigenvalue weighted by molar-refractivity contribution is 0.427. The van der Waals surface area contributed by atoms with Crippen LogP contribution in [0, 0.1) is 11.8 Å². The van der Waals surface area contributed by atoms with Gasteiger partial charge in [-0.1, -0.05) is 48.0 Å². The molecule has 0 saturated carbocycles. The van der Waals surface area contributed by atoms with Crippen molar-refractivity contribution >= 4 is 21.6 Å². The van der Waals surface area contributed by atoms with Crippen molar-refractivity contribution in [3.8, 4) is 0 Å². The average Bonchev–Trinajstić information content (AvgIpc) is 2.31. The number of hydrogen-bond donors (Lipinski definition) is 0. The highest BCUT2D eigenvalue weighted by Crippen LogP contribution is 2.20. The smallest absolute Gasteiger partial charge is 0.0366 e. The molecular weight excluding hydrogens is 262 g/mol. The highest BCUT2D eigenvalue weighted by molar-refractivity contribution is 9.09. The largest absolute Gasteiger partial charge is 0.371 e. The predicted molar refractivity (Wildman–Crippen MR) is 76.5 cm³/mol. The molecule has 2 heteroatoms. The molecule has 0 fully saturated rings. The Morgan fingerprint density at radius 3 is 2.25 bits per heavy atom. The van der Waals surface area contributed by atoms with Gasteiger partial charge < -0.3 is 4.90 Å². The fourth-order valence-corrected chi connectivity index (χ4v) is 2.73. The molecule has 0 N–H and O–H groups in total. The van der Waals surface area contributed by atoms with Crippen molar-refractivity contribution in [3.63, 3.8) is 0 Å². The highest BCUT2D eigenvalue weighted by atomic mass is 79.9. The first-order valence-corrected chi connectivity index (χ1v) is 7.17. The molecule has 0 heterocycles. The molecule has 0 aliphatic rings. The maximum absolute atomic E-state index is 3.62. The first kappa shape index (κ1) is 13.6. The molecule has 1 rings (SSSR count). The minimum Gasteiger partial charge on any atom is -0.371 e. The molecule has 0 bridgehead atoms. The third-order valence-corrected chi connectivity index (χ3v) is 3.93. The van der Waals surface area contributed by atoms with Gasteiger partial charge in [0, 0.05) is 24.1 Å². The second-order valence-corrected chi connectivity index (χ2v) is 5.18. The van der Waals surface area contributed by atoms with Crippen LogP contribution >= 0.6 is 15.9 Å². The van der Waals surface area contributed by atoms with Crippen molar-refractivity contribution < 1.29 is 0 Å². The molecule has 1 nitrogen and oxygen atoms in total. The standard InChI is InChI=1S/C14H22BrN/c1-4-16(11-13(10-15)12(2)3)14-8-6-5-7-9-14/h5-9,12-13H,4,10-11H2,1-3H3. The van der Waals surface area contributed by atoms with Crippen LogP contribution in [0.2, 0.25) is 0 Å². The van der Waals surface area contributed by atoms with Crippen LogP contribution in [0.5, 0.6) is 0 Å². The summed E-state index contributed by atoms with van der Waals surface area (Å²) in [4.78, 5) is 2.45. The second-order valence-electron chi connectivity index (χ2n) is 4.53. The summed E-state index contributed by atoms with van der Waals surface area (Å²) in [6.45, 7) is 9.01. The molecule has 0 saturated heterocycles. The summed E-state index contributed by atoms with van der Waals surface area (Å²) in [5.74, 6) is 1.43. The monoisotopic (exact) mass is 283 g/mol. The van der Waals surface area contributed by atoms with Gasteiger partial charge in [0.25, 0.3) is 0 Å². The van der Waals surface area contributed by atoms with Gasteiger partial charge in [-0.3, -0.25) is 0 Å². The van der Waals surface area contributed by atoms with Gasteiger partial charge in [-0.2, -0.15) is 0 Å². The zero-order valence-electron chi connectivity index (χ0n) is 10.5. The number of hydrogen-bond acceptors (Lipinski definition) is 1. The van der Waals surface area contributed by atoms with Crippen molar-refractivity contribution in [2.45, 2.75) is 20.8 Å². The first-order chi connectivity index (χ1) is 7.69. The zero-order chi connectivity index (χ0) is 12.0. The van der Waals surface area contributed by atoms with Gasteiger partial charge in [-0.05, 0) is 30.9 Å². The van der Waals surface area contributed by atoms with Crippen LogP contribution in [0.25, 0.3) is 0 Å². The van der Waals surface area contributed by atoms with E-state index in [4.69, 9.17) is 0 Å². The van der Waals surface area contributed by atoms with E-state index in [1.165, 1.54) is 5.69 Å². The lowest BCUT2D eigenvalue weighted by Crippen LogP contribution is -2.32. The van der Waals surface area contributed by atoms with Gasteiger partial charge in [0.1, 0.15) is 0 Å². The topological polar surface area (TPSA) is 3.24 Å². The number of halogens is 1. The van der Waals surface area contributed by atoms with Crippen molar-refractivity contribution in [2.24, 2.45) is 11.8 Å². The highest BCUT2D eigenvalue weighted by Gasteiger charge is 2.15. The zero-order valence-corrected chi connectivity index (χ0v) is 12.1. The van der Waals surface area contributed by atoms with Crippen LogP contribution in [-0.4, -0.2) is 18.4 Å². The van der Waals surface area contributed by atoms with Crippen LogP contribution < -0.4 is 4.90 Å². The summed E-state index contributed by atoms with van der Waals surface area (Å²) >= 11 is 3.62.